The van der Waals surface area contributed by atoms with Crippen molar-refractivity contribution in [1.29, 1.82) is 0 Å². The molecule has 0 saturated heterocycles. The largest absolute Gasteiger partial charge is 0.468 e. The molecule has 6 aromatic carbocycles. The summed E-state index contributed by atoms with van der Waals surface area (Å²) < 4.78 is 32.8. The second-order valence-corrected chi connectivity index (χ2v) is 20.6. The Balaban J connectivity index is 0.881. The molecule has 5 unspecified atom stereocenters. The Bertz CT molecular complexity index is 2560. The van der Waals surface area contributed by atoms with Crippen molar-refractivity contribution in [3.8, 4) is 23.0 Å². The van der Waals surface area contributed by atoms with Crippen LogP contribution in [0.3, 0.4) is 0 Å². The van der Waals surface area contributed by atoms with Crippen LogP contribution >= 0.6 is 0 Å². The predicted octanol–water partition coefficient (Wildman–Crippen LogP) is 14.7. The van der Waals surface area contributed by atoms with Crippen molar-refractivity contribution in [2.45, 2.75) is 115 Å². The van der Waals surface area contributed by atoms with Crippen molar-refractivity contribution in [1.82, 2.24) is 0 Å². The number of fused-ring (bicyclic) bond motifs is 11. The molecule has 0 amide bonds. The average molecular weight is 815 g/mol. The van der Waals surface area contributed by atoms with Crippen molar-refractivity contribution >= 4 is 32.3 Å². The van der Waals surface area contributed by atoms with Gasteiger partial charge in [0.15, 0.2) is 13.6 Å². The Kier molecular flexibility index (Phi) is 10.1. The van der Waals surface area contributed by atoms with Gasteiger partial charge >= 0.3 is 0 Å². The van der Waals surface area contributed by atoms with Gasteiger partial charge < -0.3 is 23.7 Å². The molecule has 5 atom stereocenters. The van der Waals surface area contributed by atoms with Crippen LogP contribution in [-0.2, 0) is 9.47 Å². The smallest absolute Gasteiger partial charge is 0.189 e. The van der Waals surface area contributed by atoms with Crippen LogP contribution in [0.25, 0.3) is 32.3 Å². The molecule has 316 valence electrons. The second-order valence-electron chi connectivity index (χ2n) is 20.6. The van der Waals surface area contributed by atoms with Gasteiger partial charge in [0.25, 0.3) is 0 Å². The van der Waals surface area contributed by atoms with Gasteiger partial charge in [0.2, 0.25) is 0 Å². The van der Waals surface area contributed by atoms with Gasteiger partial charge in [-0.1, -0.05) is 87.0 Å². The summed E-state index contributed by atoms with van der Waals surface area (Å²) in [6.45, 7) is 9.93. The molecule has 0 radical (unpaired) electrons. The topological polar surface area (TPSA) is 46.2 Å². The summed E-state index contributed by atoms with van der Waals surface area (Å²) in [5.41, 5.74) is 3.36. The molecule has 1 heterocycles. The van der Waals surface area contributed by atoms with Gasteiger partial charge in [-0.2, -0.15) is 0 Å². The first-order valence-corrected chi connectivity index (χ1v) is 23.5. The Morgan fingerprint density at radius 1 is 0.541 bits per heavy atom. The average Bonchev–Trinajstić information content (AvgIpc) is 3.24. The lowest BCUT2D eigenvalue weighted by molar-refractivity contribution is -0.141. The first-order valence-electron chi connectivity index (χ1n) is 23.5. The van der Waals surface area contributed by atoms with E-state index in [0.29, 0.717) is 0 Å². The standard InChI is InChI=1S/C56H62O5/c1-5-36-22-39-25-40(23-36)32-56(4,31-39)60-34-58-47-15-17-49-44(28-47)13-19-51-54(49)52(45-11-10-41-8-6-7-9-42(41)26-45)53-48-16-14-46(27-43(48)12-18-50(53)61-51)57-33-59-55(3)29-37-20-35(2)21-38(24-37)30-55/h6-19,26-28,35-40,52H,5,20-25,29-34H2,1-4H3. The van der Waals surface area contributed by atoms with E-state index in [4.69, 9.17) is 23.7 Å². The van der Waals surface area contributed by atoms with Crippen LogP contribution < -0.4 is 14.2 Å². The number of hydrogen-bond acceptors (Lipinski definition) is 5. The van der Waals surface area contributed by atoms with E-state index in [1.807, 2.05) is 0 Å². The van der Waals surface area contributed by atoms with Gasteiger partial charge in [-0.15, -0.1) is 0 Å². The van der Waals surface area contributed by atoms with Crippen LogP contribution in [0, 0.1) is 35.5 Å². The van der Waals surface area contributed by atoms with Crippen molar-refractivity contribution < 1.29 is 23.7 Å². The zero-order chi connectivity index (χ0) is 41.3. The molecule has 5 aliphatic rings. The lowest BCUT2D eigenvalue weighted by atomic mass is 9.63. The van der Waals surface area contributed by atoms with E-state index >= 15 is 0 Å². The maximum Gasteiger partial charge on any atom is 0.189 e. The lowest BCUT2D eigenvalue weighted by Gasteiger charge is -2.47. The molecule has 4 aliphatic carbocycles. The minimum Gasteiger partial charge on any atom is -0.468 e. The Morgan fingerprint density at radius 2 is 1.05 bits per heavy atom. The van der Waals surface area contributed by atoms with Crippen LogP contribution in [0.15, 0.2) is 103 Å². The quantitative estimate of drug-likeness (QED) is 0.129. The third-order valence-electron chi connectivity index (χ3n) is 15.8. The fourth-order valence-corrected chi connectivity index (χ4v) is 13.5. The van der Waals surface area contributed by atoms with E-state index in [1.54, 1.807) is 0 Å². The first kappa shape index (κ1) is 39.3. The third-order valence-corrected chi connectivity index (χ3v) is 15.8. The van der Waals surface area contributed by atoms with E-state index < -0.39 is 0 Å². The lowest BCUT2D eigenvalue weighted by Crippen LogP contribution is -2.43. The number of benzene rings is 6. The maximum absolute atomic E-state index is 6.86. The molecule has 0 aromatic heterocycles. The highest BCUT2D eigenvalue weighted by Gasteiger charge is 2.43. The summed E-state index contributed by atoms with van der Waals surface area (Å²) in [7, 11) is 0. The minimum atomic E-state index is -0.116. The first-order chi connectivity index (χ1) is 29.7. The summed E-state index contributed by atoms with van der Waals surface area (Å²) in [5, 5.41) is 7.04. The zero-order valence-electron chi connectivity index (χ0n) is 36.6. The van der Waals surface area contributed by atoms with E-state index in [-0.39, 0.29) is 30.7 Å². The molecule has 5 heteroatoms. The molecule has 61 heavy (non-hydrogen) atoms. The van der Waals surface area contributed by atoms with Crippen molar-refractivity contribution in [3.63, 3.8) is 0 Å². The molecule has 4 fully saturated rings. The minimum absolute atomic E-state index is 0.0626. The number of ether oxygens (including phenoxy) is 5. The van der Waals surface area contributed by atoms with Gasteiger partial charge in [-0.05, 0) is 188 Å². The summed E-state index contributed by atoms with van der Waals surface area (Å²) in [6, 6.07) is 37.2. The Labute approximate surface area is 362 Å². The van der Waals surface area contributed by atoms with Gasteiger partial charge in [0.05, 0.1) is 11.2 Å². The van der Waals surface area contributed by atoms with Crippen LogP contribution in [-0.4, -0.2) is 24.8 Å². The second kappa shape index (κ2) is 15.6. The van der Waals surface area contributed by atoms with E-state index in [1.165, 1.54) is 72.4 Å². The van der Waals surface area contributed by atoms with Gasteiger partial charge in [0, 0.05) is 17.0 Å². The third kappa shape index (κ3) is 7.69. The van der Waals surface area contributed by atoms with Crippen LogP contribution in [0.2, 0.25) is 0 Å². The Hall–Kier alpha value is -4.58. The van der Waals surface area contributed by atoms with Crippen molar-refractivity contribution in [3.05, 3.63) is 120 Å². The molecule has 5 nitrogen and oxygen atoms in total. The summed E-state index contributed by atoms with van der Waals surface area (Å²) in [6.07, 6.45) is 14.0. The van der Waals surface area contributed by atoms with Crippen LogP contribution in [0.5, 0.6) is 23.0 Å². The van der Waals surface area contributed by atoms with E-state index in [0.717, 1.165) is 106 Å². The number of hydrogen-bond donors (Lipinski definition) is 0. The Morgan fingerprint density at radius 3 is 1.59 bits per heavy atom. The van der Waals surface area contributed by atoms with Gasteiger partial charge in [0.1, 0.15) is 23.0 Å². The summed E-state index contributed by atoms with van der Waals surface area (Å²) in [4.78, 5) is 0. The zero-order valence-corrected chi connectivity index (χ0v) is 36.6. The van der Waals surface area contributed by atoms with Crippen molar-refractivity contribution in [2.24, 2.45) is 35.5 Å². The molecule has 4 saturated carbocycles. The van der Waals surface area contributed by atoms with E-state index in [9.17, 15) is 0 Å². The normalized spacial score (nSPS) is 30.4. The fourth-order valence-electron chi connectivity index (χ4n) is 13.5. The molecule has 0 N–H and O–H groups in total. The molecule has 11 rings (SSSR count). The molecule has 1 aliphatic heterocycles. The molecule has 0 spiro atoms. The maximum atomic E-state index is 6.86. The highest BCUT2D eigenvalue weighted by Crippen LogP contribution is 2.54. The monoisotopic (exact) mass is 814 g/mol. The molecular formula is C56H62O5. The fraction of sp³-hybridized carbons (Fsp3) is 0.464. The van der Waals surface area contributed by atoms with Crippen LogP contribution in [0.4, 0.5) is 0 Å². The number of rotatable bonds is 10. The van der Waals surface area contributed by atoms with Gasteiger partial charge in [-0.3, -0.25) is 0 Å². The van der Waals surface area contributed by atoms with E-state index in [2.05, 4.69) is 131 Å². The summed E-state index contributed by atoms with van der Waals surface area (Å²) >= 11 is 0. The molecule has 6 aromatic rings. The molecule has 4 bridgehead atoms. The summed E-state index contributed by atoms with van der Waals surface area (Å²) in [5.74, 6) is 8.22. The van der Waals surface area contributed by atoms with Crippen LogP contribution in [0.1, 0.15) is 121 Å². The SMILES string of the molecule is CCC1CC2CC(C1)CC(C)(OCOc1ccc3c4c(ccc3c1)Oc1ccc3cc(OCOC5(C)CC6CC(C)CC(C6)C5)ccc3c1C4c1ccc3ccccc3c1)C2. The predicted molar refractivity (Wildman–Crippen MR) is 246 cm³/mol. The van der Waals surface area contributed by atoms with Crippen molar-refractivity contribution in [2.75, 3.05) is 13.6 Å². The highest BCUT2D eigenvalue weighted by atomic mass is 16.7. The van der Waals surface area contributed by atoms with Gasteiger partial charge in [-0.25, -0.2) is 0 Å². The highest BCUT2D eigenvalue weighted by molar-refractivity contribution is 5.96. The molecular weight excluding hydrogens is 753 g/mol.